The number of methoxy groups -OCH3 is 1. The van der Waals surface area contributed by atoms with Crippen LogP contribution in [0.1, 0.15) is 18.9 Å². The quantitative estimate of drug-likeness (QED) is 0.794. The number of nitrogens with one attached hydrogen (secondary N) is 1. The molecule has 0 bridgehead atoms. The molecule has 90 valence electrons. The molecule has 1 N–H and O–H groups in total. The van der Waals surface area contributed by atoms with Gasteiger partial charge in [-0.3, -0.25) is 0 Å². The van der Waals surface area contributed by atoms with Crippen LogP contribution in [0.15, 0.2) is 36.4 Å². The first-order chi connectivity index (χ1) is 8.36. The van der Waals surface area contributed by atoms with Gasteiger partial charge in [-0.1, -0.05) is 37.3 Å². The summed E-state index contributed by atoms with van der Waals surface area (Å²) < 4.78 is 5.39. The molecule has 0 aromatic heterocycles. The molecule has 17 heavy (non-hydrogen) atoms. The lowest BCUT2D eigenvalue weighted by Crippen LogP contribution is -2.14. The molecule has 0 radical (unpaired) electrons. The van der Waals surface area contributed by atoms with Gasteiger partial charge in [0.15, 0.2) is 0 Å². The molecule has 0 saturated carbocycles. The smallest absolute Gasteiger partial charge is 0.126 e. The van der Waals surface area contributed by atoms with Crippen molar-refractivity contribution in [3.05, 3.63) is 42.0 Å². The molecule has 0 aliphatic carbocycles. The van der Waals surface area contributed by atoms with Crippen LogP contribution in [0.25, 0.3) is 10.8 Å². The highest BCUT2D eigenvalue weighted by Crippen LogP contribution is 2.28. The zero-order valence-electron chi connectivity index (χ0n) is 10.5. The van der Waals surface area contributed by atoms with Gasteiger partial charge in [0.1, 0.15) is 5.75 Å². The van der Waals surface area contributed by atoms with E-state index in [0.717, 1.165) is 25.3 Å². The highest BCUT2D eigenvalue weighted by molar-refractivity contribution is 5.91. The first-order valence-electron chi connectivity index (χ1n) is 6.12. The average molecular weight is 229 g/mol. The average Bonchev–Trinajstić information content (AvgIpc) is 2.39. The minimum atomic E-state index is 0.915. The van der Waals surface area contributed by atoms with Gasteiger partial charge < -0.3 is 10.1 Å². The van der Waals surface area contributed by atoms with Gasteiger partial charge >= 0.3 is 0 Å². The summed E-state index contributed by atoms with van der Waals surface area (Å²) in [5.41, 5.74) is 1.33. The van der Waals surface area contributed by atoms with Crippen LogP contribution in [0.4, 0.5) is 0 Å². The zero-order valence-corrected chi connectivity index (χ0v) is 10.5. The van der Waals surface area contributed by atoms with Crippen LogP contribution in [-0.4, -0.2) is 13.7 Å². The molecule has 0 aliphatic rings. The molecular formula is C15H19NO. The highest BCUT2D eigenvalue weighted by atomic mass is 16.5. The SMILES string of the molecule is CCCNCc1ccc(OC)c2ccccc12. The Morgan fingerprint density at radius 2 is 1.82 bits per heavy atom. The lowest BCUT2D eigenvalue weighted by molar-refractivity contribution is 0.419. The predicted octanol–water partition coefficient (Wildman–Crippen LogP) is 3.35. The summed E-state index contributed by atoms with van der Waals surface area (Å²) in [4.78, 5) is 0. The van der Waals surface area contributed by atoms with E-state index in [-0.39, 0.29) is 0 Å². The van der Waals surface area contributed by atoms with Crippen molar-refractivity contribution < 1.29 is 4.74 Å². The van der Waals surface area contributed by atoms with Gasteiger partial charge in [0.25, 0.3) is 0 Å². The number of hydrogen-bond donors (Lipinski definition) is 1. The Labute approximate surface area is 103 Å². The summed E-state index contributed by atoms with van der Waals surface area (Å²) in [6.07, 6.45) is 1.16. The Hall–Kier alpha value is -1.54. The van der Waals surface area contributed by atoms with Gasteiger partial charge in [0, 0.05) is 11.9 Å². The molecule has 0 heterocycles. The molecule has 0 aliphatic heterocycles. The van der Waals surface area contributed by atoms with E-state index in [4.69, 9.17) is 4.74 Å². The molecule has 0 amide bonds. The predicted molar refractivity (Wildman–Crippen MR) is 72.5 cm³/mol. The lowest BCUT2D eigenvalue weighted by Gasteiger charge is -2.10. The topological polar surface area (TPSA) is 21.3 Å². The number of rotatable bonds is 5. The van der Waals surface area contributed by atoms with E-state index in [2.05, 4.69) is 36.5 Å². The maximum absolute atomic E-state index is 5.39. The monoisotopic (exact) mass is 229 g/mol. The van der Waals surface area contributed by atoms with E-state index in [1.54, 1.807) is 7.11 Å². The van der Waals surface area contributed by atoms with E-state index in [1.807, 2.05) is 12.1 Å². The van der Waals surface area contributed by atoms with E-state index in [0.29, 0.717) is 0 Å². The second-order valence-corrected chi connectivity index (χ2v) is 4.15. The summed E-state index contributed by atoms with van der Waals surface area (Å²) in [5, 5.41) is 5.90. The number of fused-ring (bicyclic) bond motifs is 1. The Morgan fingerprint density at radius 1 is 1.06 bits per heavy atom. The van der Waals surface area contributed by atoms with Gasteiger partial charge in [0.05, 0.1) is 7.11 Å². The van der Waals surface area contributed by atoms with Crippen LogP contribution in [-0.2, 0) is 6.54 Å². The van der Waals surface area contributed by atoms with Crippen LogP contribution < -0.4 is 10.1 Å². The fraction of sp³-hybridized carbons (Fsp3) is 0.333. The summed E-state index contributed by atoms with van der Waals surface area (Å²) >= 11 is 0. The van der Waals surface area contributed by atoms with Gasteiger partial charge in [-0.05, 0) is 30.0 Å². The molecule has 2 heteroatoms. The van der Waals surface area contributed by atoms with Crippen LogP contribution >= 0.6 is 0 Å². The first kappa shape index (κ1) is 11.9. The van der Waals surface area contributed by atoms with Crippen molar-refractivity contribution in [2.24, 2.45) is 0 Å². The van der Waals surface area contributed by atoms with Gasteiger partial charge in [-0.15, -0.1) is 0 Å². The number of benzene rings is 2. The van der Waals surface area contributed by atoms with Crippen molar-refractivity contribution in [3.63, 3.8) is 0 Å². The molecule has 2 aromatic rings. The Bertz CT molecular complexity index is 493. The number of ether oxygens (including phenoxy) is 1. The summed E-state index contributed by atoms with van der Waals surface area (Å²) in [6.45, 7) is 4.15. The van der Waals surface area contributed by atoms with Crippen molar-refractivity contribution in [1.82, 2.24) is 5.32 Å². The van der Waals surface area contributed by atoms with E-state index in [9.17, 15) is 0 Å². The van der Waals surface area contributed by atoms with Gasteiger partial charge in [-0.2, -0.15) is 0 Å². The van der Waals surface area contributed by atoms with E-state index < -0.39 is 0 Å². The molecule has 2 nitrogen and oxygen atoms in total. The fourth-order valence-electron chi connectivity index (χ4n) is 2.07. The van der Waals surface area contributed by atoms with Crippen LogP contribution in [0, 0.1) is 0 Å². The zero-order chi connectivity index (χ0) is 12.1. The molecule has 2 rings (SSSR count). The Balaban J connectivity index is 2.37. The molecule has 0 atom stereocenters. The van der Waals surface area contributed by atoms with Crippen LogP contribution in [0.3, 0.4) is 0 Å². The summed E-state index contributed by atoms with van der Waals surface area (Å²) in [6, 6.07) is 12.6. The molecular weight excluding hydrogens is 210 g/mol. The van der Waals surface area contributed by atoms with Crippen molar-refractivity contribution in [2.45, 2.75) is 19.9 Å². The molecule has 0 spiro atoms. The largest absolute Gasteiger partial charge is 0.496 e. The maximum Gasteiger partial charge on any atom is 0.126 e. The third-order valence-corrected chi connectivity index (χ3v) is 2.94. The van der Waals surface area contributed by atoms with Crippen molar-refractivity contribution in [1.29, 1.82) is 0 Å². The standard InChI is InChI=1S/C15H19NO/c1-3-10-16-11-12-8-9-15(17-2)14-7-5-4-6-13(12)14/h4-9,16H,3,10-11H2,1-2H3. The summed E-state index contributed by atoms with van der Waals surface area (Å²) in [7, 11) is 1.72. The van der Waals surface area contributed by atoms with Crippen molar-refractivity contribution >= 4 is 10.8 Å². The van der Waals surface area contributed by atoms with Gasteiger partial charge in [0.2, 0.25) is 0 Å². The second kappa shape index (κ2) is 5.69. The second-order valence-electron chi connectivity index (χ2n) is 4.15. The van der Waals surface area contributed by atoms with Crippen molar-refractivity contribution in [2.75, 3.05) is 13.7 Å². The van der Waals surface area contributed by atoms with Crippen LogP contribution in [0.5, 0.6) is 5.75 Å². The van der Waals surface area contributed by atoms with E-state index >= 15 is 0 Å². The fourth-order valence-corrected chi connectivity index (χ4v) is 2.07. The van der Waals surface area contributed by atoms with Crippen LogP contribution in [0.2, 0.25) is 0 Å². The lowest BCUT2D eigenvalue weighted by atomic mass is 10.0. The van der Waals surface area contributed by atoms with Gasteiger partial charge in [-0.25, -0.2) is 0 Å². The van der Waals surface area contributed by atoms with Crippen molar-refractivity contribution in [3.8, 4) is 5.75 Å². The summed E-state index contributed by atoms with van der Waals surface area (Å²) in [5.74, 6) is 0.944. The maximum atomic E-state index is 5.39. The van der Waals surface area contributed by atoms with E-state index in [1.165, 1.54) is 16.3 Å². The Kier molecular flexibility index (Phi) is 3.99. The first-order valence-corrected chi connectivity index (χ1v) is 6.12. The Morgan fingerprint density at radius 3 is 2.53 bits per heavy atom. The molecule has 0 saturated heterocycles. The normalized spacial score (nSPS) is 10.7. The third-order valence-electron chi connectivity index (χ3n) is 2.94. The third kappa shape index (κ3) is 2.59. The molecule has 0 unspecified atom stereocenters. The highest BCUT2D eigenvalue weighted by Gasteiger charge is 2.04. The molecule has 2 aromatic carbocycles. The minimum absolute atomic E-state index is 0.915. The minimum Gasteiger partial charge on any atom is -0.496 e. The molecule has 0 fully saturated rings. The number of hydrogen-bond acceptors (Lipinski definition) is 2.